The second-order valence-electron chi connectivity index (χ2n) is 5.48. The molecule has 0 aliphatic rings. The molecule has 25 heavy (non-hydrogen) atoms. The number of carbonyl (C=O) groups excluding carboxylic acids is 1. The van der Waals surface area contributed by atoms with E-state index in [1.807, 2.05) is 56.3 Å². The smallest absolute Gasteiger partial charge is 0.266 e. The fourth-order valence-corrected chi connectivity index (χ4v) is 2.66. The number of rotatable bonds is 6. The molecule has 0 aliphatic carbocycles. The number of nitrogens with one attached hydrogen (secondary N) is 1. The largest absolute Gasteiger partial charge is 0.492 e. The Balaban J connectivity index is 2.19. The number of anilines is 1. The van der Waals surface area contributed by atoms with Gasteiger partial charge in [-0.05, 0) is 64.7 Å². The van der Waals surface area contributed by atoms with Crippen molar-refractivity contribution in [2.75, 3.05) is 11.9 Å². The van der Waals surface area contributed by atoms with Crippen molar-refractivity contribution in [2.24, 2.45) is 0 Å². The third-order valence-electron chi connectivity index (χ3n) is 3.49. The molecule has 0 saturated carbocycles. The molecule has 4 nitrogen and oxygen atoms in total. The number of hydrogen-bond acceptors (Lipinski definition) is 3. The predicted molar refractivity (Wildman–Crippen MR) is 103 cm³/mol. The van der Waals surface area contributed by atoms with Crippen LogP contribution in [0.2, 0.25) is 0 Å². The first kappa shape index (κ1) is 18.8. The Labute approximate surface area is 156 Å². The highest BCUT2D eigenvalue weighted by molar-refractivity contribution is 9.10. The Morgan fingerprint density at radius 2 is 2.08 bits per heavy atom. The summed E-state index contributed by atoms with van der Waals surface area (Å²) in [7, 11) is 0. The van der Waals surface area contributed by atoms with Crippen molar-refractivity contribution >= 4 is 33.6 Å². The lowest BCUT2D eigenvalue weighted by molar-refractivity contribution is -0.112. The van der Waals surface area contributed by atoms with Crippen LogP contribution < -0.4 is 10.1 Å². The molecule has 2 rings (SSSR count). The fourth-order valence-electron chi connectivity index (χ4n) is 2.15. The van der Waals surface area contributed by atoms with Gasteiger partial charge in [0.1, 0.15) is 17.4 Å². The van der Waals surface area contributed by atoms with Crippen LogP contribution in [-0.2, 0) is 4.79 Å². The molecule has 0 heterocycles. The highest BCUT2D eigenvalue weighted by Gasteiger charge is 2.11. The molecule has 5 heteroatoms. The normalized spacial score (nSPS) is 10.9. The minimum atomic E-state index is -0.431. The van der Waals surface area contributed by atoms with E-state index in [0.717, 1.165) is 27.8 Å². The van der Waals surface area contributed by atoms with Crippen molar-refractivity contribution in [2.45, 2.75) is 20.3 Å². The maximum atomic E-state index is 12.4. The zero-order valence-electron chi connectivity index (χ0n) is 14.2. The number of ether oxygens (including phenoxy) is 1. The number of halogens is 1. The third kappa shape index (κ3) is 5.20. The summed E-state index contributed by atoms with van der Waals surface area (Å²) >= 11 is 3.45. The SMILES string of the molecule is CCCOc1ccc(/C=C(\C#N)C(=O)Nc2ccccc2C)cc1Br. The summed E-state index contributed by atoms with van der Waals surface area (Å²) in [6, 6.07) is 14.9. The molecule has 0 saturated heterocycles. The molecule has 1 amide bonds. The number of para-hydroxylation sites is 1. The number of hydrogen-bond donors (Lipinski definition) is 1. The summed E-state index contributed by atoms with van der Waals surface area (Å²) in [5.41, 5.74) is 2.41. The van der Waals surface area contributed by atoms with Gasteiger partial charge < -0.3 is 10.1 Å². The van der Waals surface area contributed by atoms with Crippen LogP contribution in [0.3, 0.4) is 0 Å². The monoisotopic (exact) mass is 398 g/mol. The number of nitriles is 1. The number of amides is 1. The summed E-state index contributed by atoms with van der Waals surface area (Å²) in [5, 5.41) is 12.1. The molecule has 0 spiro atoms. The molecule has 0 atom stereocenters. The van der Waals surface area contributed by atoms with Gasteiger partial charge in [0.25, 0.3) is 5.91 Å². The van der Waals surface area contributed by atoms with E-state index >= 15 is 0 Å². The van der Waals surface area contributed by atoms with Crippen molar-refractivity contribution < 1.29 is 9.53 Å². The lowest BCUT2D eigenvalue weighted by Gasteiger charge is -2.09. The summed E-state index contributed by atoms with van der Waals surface area (Å²) in [4.78, 5) is 12.4. The summed E-state index contributed by atoms with van der Waals surface area (Å²) in [6.07, 6.45) is 2.48. The summed E-state index contributed by atoms with van der Waals surface area (Å²) in [5.74, 6) is 0.307. The van der Waals surface area contributed by atoms with Gasteiger partial charge in [0.2, 0.25) is 0 Å². The first-order chi connectivity index (χ1) is 12.0. The molecule has 0 aromatic heterocycles. The van der Waals surface area contributed by atoms with Gasteiger partial charge in [-0.15, -0.1) is 0 Å². The molecular weight excluding hydrogens is 380 g/mol. The minimum absolute atomic E-state index is 0.0392. The second kappa shape index (κ2) is 9.05. The molecule has 2 aromatic carbocycles. The molecule has 1 N–H and O–H groups in total. The average molecular weight is 399 g/mol. The van der Waals surface area contributed by atoms with Gasteiger partial charge in [-0.3, -0.25) is 4.79 Å². The molecule has 0 fully saturated rings. The third-order valence-corrected chi connectivity index (χ3v) is 4.11. The Kier molecular flexibility index (Phi) is 6.79. The van der Waals surface area contributed by atoms with Gasteiger partial charge >= 0.3 is 0 Å². The van der Waals surface area contributed by atoms with Gasteiger partial charge in [-0.25, -0.2) is 0 Å². The van der Waals surface area contributed by atoms with E-state index in [4.69, 9.17) is 4.74 Å². The highest BCUT2D eigenvalue weighted by atomic mass is 79.9. The van der Waals surface area contributed by atoms with Crippen molar-refractivity contribution in [3.05, 3.63) is 63.6 Å². The number of aryl methyl sites for hydroxylation is 1. The van der Waals surface area contributed by atoms with Gasteiger partial charge in [-0.1, -0.05) is 31.2 Å². The number of benzene rings is 2. The van der Waals surface area contributed by atoms with Gasteiger partial charge in [0.15, 0.2) is 0 Å². The Morgan fingerprint density at radius 3 is 2.72 bits per heavy atom. The Hall–Kier alpha value is -2.58. The molecular formula is C20H19BrN2O2. The highest BCUT2D eigenvalue weighted by Crippen LogP contribution is 2.27. The van der Waals surface area contributed by atoms with Crippen LogP contribution in [-0.4, -0.2) is 12.5 Å². The molecule has 0 aliphatic heterocycles. The minimum Gasteiger partial charge on any atom is -0.492 e. The van der Waals surface area contributed by atoms with E-state index in [1.165, 1.54) is 0 Å². The molecule has 0 bridgehead atoms. The Morgan fingerprint density at radius 1 is 1.32 bits per heavy atom. The zero-order valence-corrected chi connectivity index (χ0v) is 15.8. The van der Waals surface area contributed by atoms with Crippen LogP contribution in [0.1, 0.15) is 24.5 Å². The zero-order chi connectivity index (χ0) is 18.2. The number of carbonyl (C=O) groups is 1. The van der Waals surface area contributed by atoms with E-state index in [-0.39, 0.29) is 5.57 Å². The lowest BCUT2D eigenvalue weighted by atomic mass is 10.1. The second-order valence-corrected chi connectivity index (χ2v) is 6.33. The summed E-state index contributed by atoms with van der Waals surface area (Å²) < 4.78 is 6.38. The standard InChI is InChI=1S/C20H19BrN2O2/c1-3-10-25-19-9-8-15(12-17(19)21)11-16(13-22)20(24)23-18-7-5-4-6-14(18)2/h4-9,11-12H,3,10H2,1-2H3,(H,23,24)/b16-11+. The topological polar surface area (TPSA) is 62.1 Å². The maximum absolute atomic E-state index is 12.4. The van der Waals surface area contributed by atoms with Crippen LogP contribution in [0.25, 0.3) is 6.08 Å². The van der Waals surface area contributed by atoms with Gasteiger partial charge in [0, 0.05) is 5.69 Å². The van der Waals surface area contributed by atoms with Crippen LogP contribution >= 0.6 is 15.9 Å². The predicted octanol–water partition coefficient (Wildman–Crippen LogP) is 5.09. The molecule has 128 valence electrons. The van der Waals surface area contributed by atoms with E-state index in [0.29, 0.717) is 12.3 Å². The molecule has 2 aromatic rings. The quantitative estimate of drug-likeness (QED) is 0.544. The van der Waals surface area contributed by atoms with E-state index < -0.39 is 5.91 Å². The van der Waals surface area contributed by atoms with Crippen molar-refractivity contribution in [3.63, 3.8) is 0 Å². The molecule has 0 radical (unpaired) electrons. The first-order valence-electron chi connectivity index (χ1n) is 7.96. The Bertz CT molecular complexity index is 838. The lowest BCUT2D eigenvalue weighted by Crippen LogP contribution is -2.14. The van der Waals surface area contributed by atoms with Crippen LogP contribution in [0, 0.1) is 18.3 Å². The first-order valence-corrected chi connectivity index (χ1v) is 8.75. The van der Waals surface area contributed by atoms with Crippen molar-refractivity contribution in [1.82, 2.24) is 0 Å². The van der Waals surface area contributed by atoms with Crippen molar-refractivity contribution in [1.29, 1.82) is 5.26 Å². The maximum Gasteiger partial charge on any atom is 0.266 e. The van der Waals surface area contributed by atoms with E-state index in [1.54, 1.807) is 12.1 Å². The van der Waals surface area contributed by atoms with Crippen molar-refractivity contribution in [3.8, 4) is 11.8 Å². The van der Waals surface area contributed by atoms with Gasteiger partial charge in [0.05, 0.1) is 11.1 Å². The molecule has 0 unspecified atom stereocenters. The van der Waals surface area contributed by atoms with Crippen LogP contribution in [0.5, 0.6) is 5.75 Å². The average Bonchev–Trinajstić information content (AvgIpc) is 2.60. The number of nitrogens with zero attached hydrogens (tertiary/aromatic N) is 1. The van der Waals surface area contributed by atoms with Crippen LogP contribution in [0.15, 0.2) is 52.5 Å². The van der Waals surface area contributed by atoms with E-state index in [2.05, 4.69) is 21.2 Å². The van der Waals surface area contributed by atoms with Crippen LogP contribution in [0.4, 0.5) is 5.69 Å². The summed E-state index contributed by atoms with van der Waals surface area (Å²) in [6.45, 7) is 4.57. The van der Waals surface area contributed by atoms with E-state index in [9.17, 15) is 10.1 Å². The van der Waals surface area contributed by atoms with Gasteiger partial charge in [-0.2, -0.15) is 5.26 Å². The fraction of sp³-hybridized carbons (Fsp3) is 0.200.